The van der Waals surface area contributed by atoms with Crippen LogP contribution in [0.1, 0.15) is 33.1 Å². The normalized spacial score (nSPS) is 14.2. The molecule has 134 valence electrons. The molecule has 0 saturated heterocycles. The van der Waals surface area contributed by atoms with E-state index in [-0.39, 0.29) is 19.3 Å². The van der Waals surface area contributed by atoms with Gasteiger partial charge in [-0.1, -0.05) is 13.8 Å². The molecular formula is C16H34O6. The predicted octanol–water partition coefficient (Wildman–Crippen LogP) is 1.64. The van der Waals surface area contributed by atoms with Gasteiger partial charge >= 0.3 is 0 Å². The van der Waals surface area contributed by atoms with E-state index in [0.717, 1.165) is 25.9 Å². The van der Waals surface area contributed by atoms with Crippen LogP contribution in [-0.4, -0.2) is 77.3 Å². The first-order valence-corrected chi connectivity index (χ1v) is 8.26. The molecule has 0 bridgehead atoms. The summed E-state index contributed by atoms with van der Waals surface area (Å²) in [7, 11) is 1.66. The number of aliphatic hydroxyl groups is 1. The van der Waals surface area contributed by atoms with Crippen molar-refractivity contribution < 1.29 is 28.8 Å². The number of hydrogen-bond donors (Lipinski definition) is 1. The summed E-state index contributed by atoms with van der Waals surface area (Å²) in [6.07, 6.45) is 2.07. The van der Waals surface area contributed by atoms with Crippen molar-refractivity contribution in [3.63, 3.8) is 0 Å². The lowest BCUT2D eigenvalue weighted by atomic mass is 10.3. The van der Waals surface area contributed by atoms with Crippen LogP contribution in [0.25, 0.3) is 0 Å². The van der Waals surface area contributed by atoms with Crippen LogP contribution < -0.4 is 0 Å². The number of methoxy groups -OCH3 is 1. The number of ether oxygens (including phenoxy) is 5. The molecule has 0 aliphatic rings. The Hall–Kier alpha value is -0.240. The molecule has 2 unspecified atom stereocenters. The molecule has 2 atom stereocenters. The second kappa shape index (κ2) is 17.1. The van der Waals surface area contributed by atoms with Gasteiger partial charge in [0, 0.05) is 33.5 Å². The predicted molar refractivity (Wildman–Crippen MR) is 85.3 cm³/mol. The van der Waals surface area contributed by atoms with Gasteiger partial charge in [0.2, 0.25) is 0 Å². The third kappa shape index (κ3) is 14.7. The maximum absolute atomic E-state index is 9.76. The van der Waals surface area contributed by atoms with Gasteiger partial charge in [-0.25, -0.2) is 0 Å². The molecule has 0 aromatic heterocycles. The summed E-state index contributed by atoms with van der Waals surface area (Å²) in [6.45, 7) is 8.26. The summed E-state index contributed by atoms with van der Waals surface area (Å²) < 4.78 is 26.9. The molecule has 22 heavy (non-hydrogen) atoms. The van der Waals surface area contributed by atoms with Gasteiger partial charge in [0.15, 0.2) is 0 Å². The monoisotopic (exact) mass is 322 g/mol. The SMILES string of the molecule is CCCOCC(COCC(O)COCCCOC)OCCC. The van der Waals surface area contributed by atoms with E-state index in [1.54, 1.807) is 7.11 Å². The molecule has 0 fully saturated rings. The van der Waals surface area contributed by atoms with E-state index in [0.29, 0.717) is 33.0 Å². The summed E-state index contributed by atoms with van der Waals surface area (Å²) in [4.78, 5) is 0. The first kappa shape index (κ1) is 21.8. The minimum Gasteiger partial charge on any atom is -0.388 e. The lowest BCUT2D eigenvalue weighted by Crippen LogP contribution is -2.30. The van der Waals surface area contributed by atoms with E-state index in [9.17, 15) is 5.11 Å². The van der Waals surface area contributed by atoms with Gasteiger partial charge in [-0.05, 0) is 19.3 Å². The Labute approximate surface area is 135 Å². The van der Waals surface area contributed by atoms with E-state index in [2.05, 4.69) is 13.8 Å². The maximum Gasteiger partial charge on any atom is 0.104 e. The average Bonchev–Trinajstić information content (AvgIpc) is 2.52. The van der Waals surface area contributed by atoms with Crippen LogP contribution in [0.3, 0.4) is 0 Å². The van der Waals surface area contributed by atoms with Crippen molar-refractivity contribution in [2.45, 2.75) is 45.3 Å². The Kier molecular flexibility index (Phi) is 16.9. The van der Waals surface area contributed by atoms with Crippen molar-refractivity contribution in [3.05, 3.63) is 0 Å². The molecule has 0 radical (unpaired) electrons. The highest BCUT2D eigenvalue weighted by Crippen LogP contribution is 1.99. The van der Waals surface area contributed by atoms with E-state index in [1.165, 1.54) is 0 Å². The molecule has 1 N–H and O–H groups in total. The molecule has 0 aromatic rings. The second-order valence-corrected chi connectivity index (χ2v) is 5.18. The highest BCUT2D eigenvalue weighted by Gasteiger charge is 2.11. The molecule has 0 amide bonds. The largest absolute Gasteiger partial charge is 0.388 e. The molecular weight excluding hydrogens is 288 g/mol. The first-order valence-electron chi connectivity index (χ1n) is 8.26. The summed E-state index contributed by atoms with van der Waals surface area (Å²) in [5.41, 5.74) is 0. The quantitative estimate of drug-likeness (QED) is 0.411. The van der Waals surface area contributed by atoms with Crippen molar-refractivity contribution in [3.8, 4) is 0 Å². The van der Waals surface area contributed by atoms with Crippen molar-refractivity contribution in [1.82, 2.24) is 0 Å². The smallest absolute Gasteiger partial charge is 0.104 e. The lowest BCUT2D eigenvalue weighted by Gasteiger charge is -2.19. The molecule has 0 aliphatic heterocycles. The molecule has 0 rings (SSSR count). The minimum atomic E-state index is -0.620. The number of hydrogen-bond acceptors (Lipinski definition) is 6. The summed E-state index contributed by atoms with van der Waals surface area (Å²) in [5, 5.41) is 9.76. The molecule has 0 aromatic carbocycles. The Morgan fingerprint density at radius 1 is 0.773 bits per heavy atom. The zero-order chi connectivity index (χ0) is 16.5. The Balaban J connectivity index is 3.65. The average molecular weight is 322 g/mol. The zero-order valence-electron chi connectivity index (χ0n) is 14.4. The Bertz CT molecular complexity index is 215. The Morgan fingerprint density at radius 2 is 1.41 bits per heavy atom. The molecule has 0 aliphatic carbocycles. The second-order valence-electron chi connectivity index (χ2n) is 5.18. The third-order valence-electron chi connectivity index (χ3n) is 2.77. The molecule has 0 saturated carbocycles. The van der Waals surface area contributed by atoms with Crippen molar-refractivity contribution in [2.24, 2.45) is 0 Å². The fraction of sp³-hybridized carbons (Fsp3) is 1.00. The molecule has 6 heteroatoms. The third-order valence-corrected chi connectivity index (χ3v) is 2.77. The van der Waals surface area contributed by atoms with E-state index in [4.69, 9.17) is 23.7 Å². The zero-order valence-corrected chi connectivity index (χ0v) is 14.4. The van der Waals surface area contributed by atoms with Crippen molar-refractivity contribution >= 4 is 0 Å². The fourth-order valence-electron chi connectivity index (χ4n) is 1.70. The topological polar surface area (TPSA) is 66.4 Å². The number of rotatable bonds is 17. The minimum absolute atomic E-state index is 0.0821. The van der Waals surface area contributed by atoms with Crippen LogP contribution >= 0.6 is 0 Å². The summed E-state index contributed by atoms with van der Waals surface area (Å²) >= 11 is 0. The van der Waals surface area contributed by atoms with Crippen LogP contribution in [0, 0.1) is 0 Å². The van der Waals surface area contributed by atoms with Crippen LogP contribution in [0.15, 0.2) is 0 Å². The lowest BCUT2D eigenvalue weighted by molar-refractivity contribution is -0.0805. The van der Waals surface area contributed by atoms with Crippen LogP contribution in [0.5, 0.6) is 0 Å². The number of aliphatic hydroxyl groups excluding tert-OH is 1. The van der Waals surface area contributed by atoms with Gasteiger partial charge in [0.25, 0.3) is 0 Å². The van der Waals surface area contributed by atoms with Gasteiger partial charge in [0.05, 0.1) is 26.4 Å². The maximum atomic E-state index is 9.76. The molecule has 0 spiro atoms. The molecule has 0 heterocycles. The van der Waals surface area contributed by atoms with E-state index < -0.39 is 6.10 Å². The Morgan fingerprint density at radius 3 is 2.09 bits per heavy atom. The van der Waals surface area contributed by atoms with Gasteiger partial charge < -0.3 is 28.8 Å². The van der Waals surface area contributed by atoms with Crippen LogP contribution in [0.2, 0.25) is 0 Å². The van der Waals surface area contributed by atoms with E-state index in [1.807, 2.05) is 0 Å². The van der Waals surface area contributed by atoms with Crippen LogP contribution in [0.4, 0.5) is 0 Å². The van der Waals surface area contributed by atoms with Gasteiger partial charge in [-0.2, -0.15) is 0 Å². The van der Waals surface area contributed by atoms with Crippen molar-refractivity contribution in [2.75, 3.05) is 60.0 Å². The highest BCUT2D eigenvalue weighted by molar-refractivity contribution is 4.58. The van der Waals surface area contributed by atoms with Gasteiger partial charge in [0.1, 0.15) is 12.2 Å². The highest BCUT2D eigenvalue weighted by atomic mass is 16.6. The molecule has 6 nitrogen and oxygen atoms in total. The van der Waals surface area contributed by atoms with Gasteiger partial charge in [-0.15, -0.1) is 0 Å². The van der Waals surface area contributed by atoms with E-state index >= 15 is 0 Å². The standard InChI is InChI=1S/C16H34O6/c1-4-7-19-13-16(22-8-5-2)14-21-12-15(17)11-20-10-6-9-18-3/h15-17H,4-14H2,1-3H3. The fourth-order valence-corrected chi connectivity index (χ4v) is 1.70. The summed E-state index contributed by atoms with van der Waals surface area (Å²) in [6, 6.07) is 0. The van der Waals surface area contributed by atoms with Crippen molar-refractivity contribution in [1.29, 1.82) is 0 Å². The first-order chi connectivity index (χ1) is 10.7. The van der Waals surface area contributed by atoms with Gasteiger partial charge in [-0.3, -0.25) is 0 Å². The van der Waals surface area contributed by atoms with Crippen LogP contribution in [-0.2, 0) is 23.7 Å². The summed E-state index contributed by atoms with van der Waals surface area (Å²) in [5.74, 6) is 0.